The highest BCUT2D eigenvalue weighted by Crippen LogP contribution is 2.32. The van der Waals surface area contributed by atoms with Gasteiger partial charge in [-0.15, -0.1) is 0 Å². The highest BCUT2D eigenvalue weighted by molar-refractivity contribution is 5.86. The summed E-state index contributed by atoms with van der Waals surface area (Å²) in [5.41, 5.74) is 1.31. The maximum atomic E-state index is 9.94. The largest absolute Gasteiger partial charge is 0.392 e. The lowest BCUT2D eigenvalue weighted by atomic mass is 9.99. The lowest BCUT2D eigenvalue weighted by Crippen LogP contribution is -2.30. The molecule has 2 unspecified atom stereocenters. The summed E-state index contributed by atoms with van der Waals surface area (Å²) in [4.78, 5) is 0. The van der Waals surface area contributed by atoms with Crippen LogP contribution in [0.2, 0.25) is 0 Å². The third kappa shape index (κ3) is 2.80. The highest BCUT2D eigenvalue weighted by Gasteiger charge is 2.29. The third-order valence-electron chi connectivity index (χ3n) is 4.09. The van der Waals surface area contributed by atoms with E-state index in [0.717, 1.165) is 0 Å². The standard InChI is InChI=1S/C17H21NO/c1-12(18-11-17(19)14-9-10-14)15-8-4-6-13-5-2-3-7-16(13)15/h2-8,12,14,17-19H,9-11H2,1H3. The van der Waals surface area contributed by atoms with Gasteiger partial charge in [-0.25, -0.2) is 0 Å². The van der Waals surface area contributed by atoms with Crippen molar-refractivity contribution in [2.75, 3.05) is 6.54 Å². The Hall–Kier alpha value is -1.38. The van der Waals surface area contributed by atoms with Crippen LogP contribution in [0.4, 0.5) is 0 Å². The second-order valence-electron chi connectivity index (χ2n) is 5.60. The van der Waals surface area contributed by atoms with Crippen LogP contribution in [0.15, 0.2) is 42.5 Å². The van der Waals surface area contributed by atoms with E-state index in [1.807, 2.05) is 0 Å². The predicted molar refractivity (Wildman–Crippen MR) is 79.1 cm³/mol. The molecule has 0 aliphatic heterocycles. The van der Waals surface area contributed by atoms with Crippen molar-refractivity contribution < 1.29 is 5.11 Å². The summed E-state index contributed by atoms with van der Waals surface area (Å²) in [5.74, 6) is 0.534. The van der Waals surface area contributed by atoms with Crippen LogP contribution in [-0.4, -0.2) is 17.8 Å². The van der Waals surface area contributed by atoms with E-state index in [2.05, 4.69) is 54.7 Å². The van der Waals surface area contributed by atoms with Crippen LogP contribution in [0.3, 0.4) is 0 Å². The van der Waals surface area contributed by atoms with Crippen LogP contribution < -0.4 is 5.32 Å². The fourth-order valence-corrected chi connectivity index (χ4v) is 2.68. The number of rotatable bonds is 5. The fourth-order valence-electron chi connectivity index (χ4n) is 2.68. The average Bonchev–Trinajstić information content (AvgIpc) is 3.28. The van der Waals surface area contributed by atoms with Gasteiger partial charge < -0.3 is 10.4 Å². The molecule has 0 amide bonds. The molecule has 2 atom stereocenters. The SMILES string of the molecule is CC(NCC(O)C1CC1)c1cccc2ccccc12. The monoisotopic (exact) mass is 255 g/mol. The molecule has 3 rings (SSSR count). The zero-order chi connectivity index (χ0) is 13.2. The van der Waals surface area contributed by atoms with Crippen LogP contribution in [0, 0.1) is 5.92 Å². The van der Waals surface area contributed by atoms with E-state index >= 15 is 0 Å². The molecule has 0 saturated heterocycles. The number of aliphatic hydroxyl groups is 1. The van der Waals surface area contributed by atoms with Gasteiger partial charge in [-0.05, 0) is 42.0 Å². The van der Waals surface area contributed by atoms with Crippen LogP contribution in [0.25, 0.3) is 10.8 Å². The van der Waals surface area contributed by atoms with Crippen molar-refractivity contribution >= 4 is 10.8 Å². The minimum absolute atomic E-state index is 0.183. The Morgan fingerprint density at radius 2 is 1.89 bits per heavy atom. The van der Waals surface area contributed by atoms with E-state index in [1.54, 1.807) is 0 Å². The van der Waals surface area contributed by atoms with Crippen molar-refractivity contribution in [3.63, 3.8) is 0 Å². The first kappa shape index (κ1) is 12.6. The minimum Gasteiger partial charge on any atom is -0.392 e. The number of benzene rings is 2. The molecule has 1 aliphatic carbocycles. The van der Waals surface area contributed by atoms with Crippen molar-refractivity contribution in [1.82, 2.24) is 5.32 Å². The van der Waals surface area contributed by atoms with Gasteiger partial charge in [0.1, 0.15) is 0 Å². The van der Waals surface area contributed by atoms with E-state index in [9.17, 15) is 5.11 Å². The molecule has 1 fully saturated rings. The van der Waals surface area contributed by atoms with Crippen LogP contribution in [0.1, 0.15) is 31.4 Å². The molecule has 100 valence electrons. The molecule has 1 saturated carbocycles. The summed E-state index contributed by atoms with van der Waals surface area (Å²) in [6, 6.07) is 15.1. The molecule has 2 heteroatoms. The molecule has 2 aromatic rings. The van der Waals surface area contributed by atoms with E-state index in [4.69, 9.17) is 0 Å². The van der Waals surface area contributed by atoms with Gasteiger partial charge in [-0.3, -0.25) is 0 Å². The lowest BCUT2D eigenvalue weighted by molar-refractivity contribution is 0.145. The Kier molecular flexibility index (Phi) is 3.54. The number of fused-ring (bicyclic) bond motifs is 1. The predicted octanol–water partition coefficient (Wildman–Crippen LogP) is 3.26. The Bertz CT molecular complexity index is 557. The Labute approximate surface area is 114 Å². The van der Waals surface area contributed by atoms with Crippen molar-refractivity contribution in [1.29, 1.82) is 0 Å². The zero-order valence-corrected chi connectivity index (χ0v) is 11.3. The molecule has 2 N–H and O–H groups in total. The van der Waals surface area contributed by atoms with Gasteiger partial charge in [-0.1, -0.05) is 42.5 Å². The minimum atomic E-state index is -0.183. The highest BCUT2D eigenvalue weighted by atomic mass is 16.3. The topological polar surface area (TPSA) is 32.3 Å². The van der Waals surface area contributed by atoms with Gasteiger partial charge in [0.2, 0.25) is 0 Å². The van der Waals surface area contributed by atoms with Crippen LogP contribution in [0.5, 0.6) is 0 Å². The number of hydrogen-bond donors (Lipinski definition) is 2. The van der Waals surface area contributed by atoms with Gasteiger partial charge in [0.25, 0.3) is 0 Å². The first-order chi connectivity index (χ1) is 9.25. The van der Waals surface area contributed by atoms with Crippen LogP contribution in [-0.2, 0) is 0 Å². The number of hydrogen-bond acceptors (Lipinski definition) is 2. The second kappa shape index (κ2) is 5.32. The average molecular weight is 255 g/mol. The molecule has 1 aliphatic rings. The lowest BCUT2D eigenvalue weighted by Gasteiger charge is -2.19. The molecule has 2 aromatic carbocycles. The van der Waals surface area contributed by atoms with Crippen molar-refractivity contribution in [3.8, 4) is 0 Å². The van der Waals surface area contributed by atoms with E-state index in [1.165, 1.54) is 29.2 Å². The normalized spacial score (nSPS) is 18.4. The molecule has 0 heterocycles. The molecule has 0 aromatic heterocycles. The smallest absolute Gasteiger partial charge is 0.0692 e. The van der Waals surface area contributed by atoms with E-state index < -0.39 is 0 Å². The summed E-state index contributed by atoms with van der Waals surface area (Å²) in [6.07, 6.45) is 2.19. The summed E-state index contributed by atoms with van der Waals surface area (Å²) in [6.45, 7) is 2.86. The summed E-state index contributed by atoms with van der Waals surface area (Å²) in [7, 11) is 0. The first-order valence-electron chi connectivity index (χ1n) is 7.15. The zero-order valence-electron chi connectivity index (χ0n) is 11.3. The second-order valence-corrected chi connectivity index (χ2v) is 5.60. The quantitative estimate of drug-likeness (QED) is 0.859. The molecule has 19 heavy (non-hydrogen) atoms. The number of nitrogens with one attached hydrogen (secondary N) is 1. The summed E-state index contributed by atoms with van der Waals surface area (Å²) >= 11 is 0. The van der Waals surface area contributed by atoms with Gasteiger partial charge in [0, 0.05) is 12.6 Å². The molecule has 0 bridgehead atoms. The Morgan fingerprint density at radius 3 is 2.68 bits per heavy atom. The molecule has 0 radical (unpaired) electrons. The van der Waals surface area contributed by atoms with Gasteiger partial charge in [0.15, 0.2) is 0 Å². The van der Waals surface area contributed by atoms with E-state index in [0.29, 0.717) is 12.5 Å². The van der Waals surface area contributed by atoms with Gasteiger partial charge in [-0.2, -0.15) is 0 Å². The molecular formula is C17H21NO. The van der Waals surface area contributed by atoms with Crippen molar-refractivity contribution in [2.45, 2.75) is 31.9 Å². The maximum Gasteiger partial charge on any atom is 0.0692 e. The van der Waals surface area contributed by atoms with Gasteiger partial charge >= 0.3 is 0 Å². The molecule has 0 spiro atoms. The Balaban J connectivity index is 1.75. The molecule has 2 nitrogen and oxygen atoms in total. The van der Waals surface area contributed by atoms with Crippen molar-refractivity contribution in [2.24, 2.45) is 5.92 Å². The van der Waals surface area contributed by atoms with E-state index in [-0.39, 0.29) is 12.1 Å². The maximum absolute atomic E-state index is 9.94. The first-order valence-corrected chi connectivity index (χ1v) is 7.15. The summed E-state index contributed by atoms with van der Waals surface area (Å²) < 4.78 is 0. The van der Waals surface area contributed by atoms with Crippen LogP contribution >= 0.6 is 0 Å². The van der Waals surface area contributed by atoms with Crippen molar-refractivity contribution in [3.05, 3.63) is 48.0 Å². The number of aliphatic hydroxyl groups excluding tert-OH is 1. The van der Waals surface area contributed by atoms with Gasteiger partial charge in [0.05, 0.1) is 6.10 Å². The molecular weight excluding hydrogens is 234 g/mol. The fraction of sp³-hybridized carbons (Fsp3) is 0.412. The Morgan fingerprint density at radius 1 is 1.16 bits per heavy atom. The third-order valence-corrected chi connectivity index (χ3v) is 4.09. The summed E-state index contributed by atoms with van der Waals surface area (Å²) in [5, 5.41) is 16.0.